The Bertz CT molecular complexity index is 1230. The van der Waals surface area contributed by atoms with Gasteiger partial charge in [-0.05, 0) is 30.3 Å². The molecule has 2 heterocycles. The van der Waals surface area contributed by atoms with Crippen LogP contribution in [-0.4, -0.2) is 39.3 Å². The largest absolute Gasteiger partial charge is 0.497 e. The van der Waals surface area contributed by atoms with Gasteiger partial charge in [0.05, 0.1) is 24.8 Å². The van der Waals surface area contributed by atoms with Crippen LogP contribution in [0.1, 0.15) is 10.5 Å². The maximum absolute atomic E-state index is 12.4. The molecule has 4 aromatic rings. The van der Waals surface area contributed by atoms with Gasteiger partial charge in [0.25, 0.3) is 11.5 Å². The Kier molecular flexibility index (Phi) is 5.89. The summed E-state index contributed by atoms with van der Waals surface area (Å²) in [6.07, 6.45) is 1.48. The molecule has 4 rings (SSSR count). The first-order valence-corrected chi connectivity index (χ1v) is 9.74. The SMILES string of the molecule is COc1ccc(-c2cc(=O)n(CCNC(=O)c3cc(-c4ccccc4)n[nH]3)cn2)cc1. The van der Waals surface area contributed by atoms with Gasteiger partial charge < -0.3 is 10.1 Å². The molecule has 0 saturated carbocycles. The smallest absolute Gasteiger partial charge is 0.269 e. The number of carbonyl (C=O) groups is 1. The number of hydrogen-bond donors (Lipinski definition) is 2. The number of nitrogens with one attached hydrogen (secondary N) is 2. The summed E-state index contributed by atoms with van der Waals surface area (Å²) in [5, 5.41) is 9.71. The fraction of sp³-hybridized carbons (Fsp3) is 0.130. The summed E-state index contributed by atoms with van der Waals surface area (Å²) in [5.74, 6) is 0.450. The molecule has 0 bridgehead atoms. The maximum atomic E-state index is 12.4. The number of carbonyl (C=O) groups excluding carboxylic acids is 1. The number of H-pyrrole nitrogens is 1. The number of aromatic amines is 1. The van der Waals surface area contributed by atoms with E-state index in [0.717, 1.165) is 16.9 Å². The van der Waals surface area contributed by atoms with Gasteiger partial charge in [0.15, 0.2) is 0 Å². The number of rotatable bonds is 7. The zero-order valence-corrected chi connectivity index (χ0v) is 16.9. The molecule has 2 aromatic heterocycles. The molecule has 0 spiro atoms. The lowest BCUT2D eigenvalue weighted by Crippen LogP contribution is -2.31. The Labute approximate surface area is 178 Å². The lowest BCUT2D eigenvalue weighted by molar-refractivity contribution is 0.0947. The summed E-state index contributed by atoms with van der Waals surface area (Å²) < 4.78 is 6.59. The number of benzene rings is 2. The molecule has 1 amide bonds. The Morgan fingerprint density at radius 2 is 1.77 bits per heavy atom. The van der Waals surface area contributed by atoms with Crippen LogP contribution in [-0.2, 0) is 6.54 Å². The summed E-state index contributed by atoms with van der Waals surface area (Å²) in [6.45, 7) is 0.585. The van der Waals surface area contributed by atoms with Crippen molar-refractivity contribution < 1.29 is 9.53 Å². The standard InChI is InChI=1S/C23H21N5O3/c1-31-18-9-7-17(8-10-18)19-14-22(29)28(15-25-19)12-11-24-23(30)21-13-20(26-27-21)16-5-3-2-4-6-16/h2-10,13-15H,11-12H2,1H3,(H,24,30)(H,26,27). The van der Waals surface area contributed by atoms with Gasteiger partial charge in [0.1, 0.15) is 11.4 Å². The second-order valence-electron chi connectivity index (χ2n) is 6.82. The maximum Gasteiger partial charge on any atom is 0.269 e. The zero-order chi connectivity index (χ0) is 21.6. The lowest BCUT2D eigenvalue weighted by Gasteiger charge is -2.08. The van der Waals surface area contributed by atoms with E-state index in [1.807, 2.05) is 54.6 Å². The number of amides is 1. The molecule has 0 saturated heterocycles. The van der Waals surface area contributed by atoms with Crippen LogP contribution >= 0.6 is 0 Å². The van der Waals surface area contributed by atoms with E-state index >= 15 is 0 Å². The van der Waals surface area contributed by atoms with Crippen molar-refractivity contribution in [2.75, 3.05) is 13.7 Å². The second kappa shape index (κ2) is 9.08. The van der Waals surface area contributed by atoms with E-state index in [9.17, 15) is 9.59 Å². The highest BCUT2D eigenvalue weighted by molar-refractivity contribution is 5.93. The van der Waals surface area contributed by atoms with Crippen molar-refractivity contribution in [3.05, 3.63) is 89.1 Å². The van der Waals surface area contributed by atoms with Crippen molar-refractivity contribution in [1.82, 2.24) is 25.1 Å². The van der Waals surface area contributed by atoms with Crippen LogP contribution in [0, 0.1) is 0 Å². The Balaban J connectivity index is 1.35. The van der Waals surface area contributed by atoms with Crippen molar-refractivity contribution in [3.63, 3.8) is 0 Å². The van der Waals surface area contributed by atoms with E-state index < -0.39 is 0 Å². The average Bonchev–Trinajstić information content (AvgIpc) is 3.31. The van der Waals surface area contributed by atoms with Crippen molar-refractivity contribution >= 4 is 5.91 Å². The molecular weight excluding hydrogens is 394 g/mol. The monoisotopic (exact) mass is 415 g/mol. The average molecular weight is 415 g/mol. The molecule has 0 atom stereocenters. The van der Waals surface area contributed by atoms with Crippen molar-refractivity contribution in [2.24, 2.45) is 0 Å². The third kappa shape index (κ3) is 4.69. The fourth-order valence-corrected chi connectivity index (χ4v) is 3.09. The zero-order valence-electron chi connectivity index (χ0n) is 16.9. The molecule has 31 heavy (non-hydrogen) atoms. The van der Waals surface area contributed by atoms with Crippen LogP contribution in [0.15, 0.2) is 77.9 Å². The molecule has 2 N–H and O–H groups in total. The van der Waals surface area contributed by atoms with E-state index in [-0.39, 0.29) is 18.0 Å². The lowest BCUT2D eigenvalue weighted by atomic mass is 10.1. The van der Waals surface area contributed by atoms with Gasteiger partial charge in [-0.1, -0.05) is 30.3 Å². The fourth-order valence-electron chi connectivity index (χ4n) is 3.09. The highest BCUT2D eigenvalue weighted by Crippen LogP contribution is 2.19. The number of aromatic nitrogens is 4. The topological polar surface area (TPSA) is 102 Å². The van der Waals surface area contributed by atoms with Crippen LogP contribution < -0.4 is 15.6 Å². The van der Waals surface area contributed by atoms with Crippen LogP contribution in [0.3, 0.4) is 0 Å². The molecule has 0 radical (unpaired) electrons. The number of ether oxygens (including phenoxy) is 1. The van der Waals surface area contributed by atoms with Gasteiger partial charge >= 0.3 is 0 Å². The van der Waals surface area contributed by atoms with Gasteiger partial charge in [-0.2, -0.15) is 5.10 Å². The summed E-state index contributed by atoms with van der Waals surface area (Å²) in [4.78, 5) is 29.1. The van der Waals surface area contributed by atoms with Gasteiger partial charge in [-0.15, -0.1) is 0 Å². The Morgan fingerprint density at radius 1 is 1.03 bits per heavy atom. The first-order valence-electron chi connectivity index (χ1n) is 9.74. The molecule has 0 aliphatic heterocycles. The van der Waals surface area contributed by atoms with Crippen LogP contribution in [0.25, 0.3) is 22.5 Å². The first-order chi connectivity index (χ1) is 15.1. The Hall–Kier alpha value is -4.20. The minimum Gasteiger partial charge on any atom is -0.497 e. The molecular formula is C23H21N5O3. The van der Waals surface area contributed by atoms with Gasteiger partial charge in [0.2, 0.25) is 0 Å². The van der Waals surface area contributed by atoms with Gasteiger partial charge in [-0.25, -0.2) is 4.98 Å². The quantitative estimate of drug-likeness (QED) is 0.483. The molecule has 0 fully saturated rings. The summed E-state index contributed by atoms with van der Waals surface area (Å²) in [6, 6.07) is 20.1. The van der Waals surface area contributed by atoms with Crippen LogP contribution in [0.4, 0.5) is 0 Å². The third-order valence-electron chi connectivity index (χ3n) is 4.80. The minimum absolute atomic E-state index is 0.192. The summed E-state index contributed by atoms with van der Waals surface area (Å²) >= 11 is 0. The Morgan fingerprint density at radius 3 is 2.48 bits per heavy atom. The van der Waals surface area contributed by atoms with Crippen LogP contribution in [0.2, 0.25) is 0 Å². The highest BCUT2D eigenvalue weighted by atomic mass is 16.5. The van der Waals surface area contributed by atoms with E-state index in [1.165, 1.54) is 17.0 Å². The normalized spacial score (nSPS) is 10.6. The molecule has 2 aromatic carbocycles. The highest BCUT2D eigenvalue weighted by Gasteiger charge is 2.11. The molecule has 0 unspecified atom stereocenters. The molecule has 156 valence electrons. The summed E-state index contributed by atoms with van der Waals surface area (Å²) in [7, 11) is 1.60. The first kappa shape index (κ1) is 20.1. The predicted octanol–water partition coefficient (Wildman–Crippen LogP) is 2.74. The molecule has 0 aliphatic rings. The molecule has 8 heteroatoms. The van der Waals surface area contributed by atoms with E-state index in [0.29, 0.717) is 23.6 Å². The van der Waals surface area contributed by atoms with E-state index in [1.54, 1.807) is 13.2 Å². The van der Waals surface area contributed by atoms with Crippen LogP contribution in [0.5, 0.6) is 5.75 Å². The van der Waals surface area contributed by atoms with Crippen molar-refractivity contribution in [2.45, 2.75) is 6.54 Å². The van der Waals surface area contributed by atoms with E-state index in [4.69, 9.17) is 4.74 Å². The molecule has 0 aliphatic carbocycles. The number of hydrogen-bond acceptors (Lipinski definition) is 5. The number of nitrogens with zero attached hydrogens (tertiary/aromatic N) is 3. The molecule has 8 nitrogen and oxygen atoms in total. The van der Waals surface area contributed by atoms with Crippen molar-refractivity contribution in [1.29, 1.82) is 0 Å². The van der Waals surface area contributed by atoms with Crippen molar-refractivity contribution in [3.8, 4) is 28.3 Å². The van der Waals surface area contributed by atoms with Gasteiger partial charge in [-0.3, -0.25) is 19.3 Å². The van der Waals surface area contributed by atoms with Gasteiger partial charge in [0, 0.05) is 30.3 Å². The van der Waals surface area contributed by atoms with E-state index in [2.05, 4.69) is 20.5 Å². The summed E-state index contributed by atoms with van der Waals surface area (Å²) in [5.41, 5.74) is 3.19. The third-order valence-corrected chi connectivity index (χ3v) is 4.80. The second-order valence-corrected chi connectivity index (χ2v) is 6.82. The predicted molar refractivity (Wildman–Crippen MR) is 117 cm³/mol. The number of methoxy groups -OCH3 is 1. The minimum atomic E-state index is -0.287.